The molecule has 0 saturated carbocycles. The lowest BCUT2D eigenvalue weighted by atomic mass is 10.0. The summed E-state index contributed by atoms with van der Waals surface area (Å²) in [7, 11) is 0. The van der Waals surface area contributed by atoms with Crippen molar-refractivity contribution in [2.24, 2.45) is 0 Å². The molecule has 3 N–H and O–H groups in total. The fraction of sp³-hybridized carbons (Fsp3) is 0.125. The largest absolute Gasteiger partial charge is 0.416 e. The molecule has 1 heterocycles. The minimum Gasteiger partial charge on any atom is -0.359 e. The first-order chi connectivity index (χ1) is 15.7. The number of halogens is 5. The van der Waals surface area contributed by atoms with Gasteiger partial charge in [-0.15, -0.1) is 0 Å². The van der Waals surface area contributed by atoms with Crippen LogP contribution in [-0.2, 0) is 19.0 Å². The van der Waals surface area contributed by atoms with E-state index in [9.17, 15) is 22.4 Å². The lowest BCUT2D eigenvalue weighted by molar-refractivity contribution is -0.137. The van der Waals surface area contributed by atoms with Gasteiger partial charge in [0.25, 0.3) is 0 Å². The van der Waals surface area contributed by atoms with Gasteiger partial charge in [-0.1, -0.05) is 29.8 Å². The first-order valence-corrected chi connectivity index (χ1v) is 10.4. The van der Waals surface area contributed by atoms with Crippen LogP contribution in [0.25, 0.3) is 10.9 Å². The van der Waals surface area contributed by atoms with Crippen LogP contribution in [-0.4, -0.2) is 11.0 Å². The van der Waals surface area contributed by atoms with Gasteiger partial charge < -0.3 is 15.6 Å². The van der Waals surface area contributed by atoms with E-state index in [0.717, 1.165) is 23.0 Å². The Kier molecular flexibility index (Phi) is 6.29. The molecule has 170 valence electrons. The van der Waals surface area contributed by atoms with Gasteiger partial charge in [-0.05, 0) is 66.4 Å². The van der Waals surface area contributed by atoms with Crippen LogP contribution in [0.1, 0.15) is 16.7 Å². The minimum absolute atomic E-state index is 0.00338. The number of aromatic amines is 1. The highest BCUT2D eigenvalue weighted by atomic mass is 35.5. The number of hydrogen-bond acceptors (Lipinski definition) is 1. The number of aryl methyl sites for hydroxylation is 2. The summed E-state index contributed by atoms with van der Waals surface area (Å²) in [5.41, 5.74) is 1.95. The van der Waals surface area contributed by atoms with Crippen LogP contribution >= 0.6 is 11.6 Å². The van der Waals surface area contributed by atoms with Crippen molar-refractivity contribution in [2.45, 2.75) is 19.0 Å². The molecule has 3 aromatic carbocycles. The van der Waals surface area contributed by atoms with E-state index in [1.165, 1.54) is 24.3 Å². The molecular formula is C24H18ClF4N3O. The lowest BCUT2D eigenvalue weighted by Crippen LogP contribution is -2.20. The number of benzene rings is 3. The van der Waals surface area contributed by atoms with Gasteiger partial charge in [0, 0.05) is 22.1 Å². The minimum atomic E-state index is -4.38. The first kappa shape index (κ1) is 22.7. The maximum absolute atomic E-state index is 14.5. The molecule has 4 nitrogen and oxygen atoms in total. The zero-order valence-corrected chi connectivity index (χ0v) is 17.8. The Labute approximate surface area is 191 Å². The summed E-state index contributed by atoms with van der Waals surface area (Å²) in [5, 5.41) is 6.36. The first-order valence-electron chi connectivity index (χ1n) is 9.98. The van der Waals surface area contributed by atoms with E-state index in [1.54, 1.807) is 30.5 Å². The Hall–Kier alpha value is -3.52. The predicted octanol–water partition coefficient (Wildman–Crippen LogP) is 7.41. The van der Waals surface area contributed by atoms with E-state index in [2.05, 4.69) is 15.6 Å². The second kappa shape index (κ2) is 9.15. The Morgan fingerprint density at radius 1 is 0.879 bits per heavy atom. The number of anilines is 2. The SMILES string of the molecule is O=C(Nc1ccc(CCc2ccc(C(F)(F)F)cc2)cc1F)Nc1c[nH]c2ccc(Cl)cc12. The number of aromatic nitrogens is 1. The zero-order chi connectivity index (χ0) is 23.6. The second-order valence-electron chi connectivity index (χ2n) is 7.48. The number of nitrogens with one attached hydrogen (secondary N) is 3. The van der Waals surface area contributed by atoms with Crippen molar-refractivity contribution >= 4 is 39.9 Å². The summed E-state index contributed by atoms with van der Waals surface area (Å²) < 4.78 is 52.5. The second-order valence-corrected chi connectivity index (χ2v) is 7.92. The molecule has 0 aliphatic rings. The number of hydrogen-bond donors (Lipinski definition) is 3. The van der Waals surface area contributed by atoms with E-state index < -0.39 is 23.6 Å². The number of alkyl halides is 3. The maximum atomic E-state index is 14.5. The van der Waals surface area contributed by atoms with E-state index in [-0.39, 0.29) is 5.69 Å². The van der Waals surface area contributed by atoms with Gasteiger partial charge in [-0.3, -0.25) is 0 Å². The van der Waals surface area contributed by atoms with Crippen LogP contribution in [0, 0.1) is 5.82 Å². The van der Waals surface area contributed by atoms with Crippen molar-refractivity contribution in [3.05, 3.63) is 94.4 Å². The summed E-state index contributed by atoms with van der Waals surface area (Å²) >= 11 is 6.00. The molecular weight excluding hydrogens is 458 g/mol. The monoisotopic (exact) mass is 475 g/mol. The Morgan fingerprint density at radius 2 is 1.55 bits per heavy atom. The third-order valence-electron chi connectivity index (χ3n) is 5.16. The summed E-state index contributed by atoms with van der Waals surface area (Å²) in [5.74, 6) is -0.614. The summed E-state index contributed by atoms with van der Waals surface area (Å²) in [6.07, 6.45) is -1.88. The molecule has 4 rings (SSSR count). The van der Waals surface area contributed by atoms with Gasteiger partial charge >= 0.3 is 12.2 Å². The quantitative estimate of drug-likeness (QED) is 0.259. The maximum Gasteiger partial charge on any atom is 0.416 e. The van der Waals surface area contributed by atoms with Crippen LogP contribution < -0.4 is 10.6 Å². The van der Waals surface area contributed by atoms with E-state index in [4.69, 9.17) is 11.6 Å². The zero-order valence-electron chi connectivity index (χ0n) is 17.1. The van der Waals surface area contributed by atoms with Gasteiger partial charge in [-0.2, -0.15) is 13.2 Å². The molecule has 9 heteroatoms. The van der Waals surface area contributed by atoms with Crippen LogP contribution in [0.5, 0.6) is 0 Å². The fourth-order valence-electron chi connectivity index (χ4n) is 3.44. The number of carbonyl (C=O) groups is 1. The number of fused-ring (bicyclic) bond motifs is 1. The summed E-state index contributed by atoms with van der Waals surface area (Å²) in [6, 6.07) is 13.9. The molecule has 1 aromatic heterocycles. The number of urea groups is 1. The number of amides is 2. The molecule has 0 spiro atoms. The van der Waals surface area contributed by atoms with Crippen LogP contribution in [0.3, 0.4) is 0 Å². The van der Waals surface area contributed by atoms with Crippen LogP contribution in [0.4, 0.5) is 33.7 Å². The fourth-order valence-corrected chi connectivity index (χ4v) is 3.61. The third-order valence-corrected chi connectivity index (χ3v) is 5.39. The highest BCUT2D eigenvalue weighted by molar-refractivity contribution is 6.31. The van der Waals surface area contributed by atoms with Crippen molar-refractivity contribution in [1.29, 1.82) is 0 Å². The van der Waals surface area contributed by atoms with Crippen molar-refractivity contribution in [3.63, 3.8) is 0 Å². The predicted molar refractivity (Wildman–Crippen MR) is 121 cm³/mol. The van der Waals surface area contributed by atoms with Gasteiger partial charge in [0.15, 0.2) is 0 Å². The molecule has 0 bridgehead atoms. The molecule has 0 aliphatic carbocycles. The van der Waals surface area contributed by atoms with Crippen LogP contribution in [0.2, 0.25) is 5.02 Å². The van der Waals surface area contributed by atoms with Gasteiger partial charge in [0.1, 0.15) is 5.82 Å². The van der Waals surface area contributed by atoms with Crippen molar-refractivity contribution in [1.82, 2.24) is 4.98 Å². The van der Waals surface area contributed by atoms with Crippen molar-refractivity contribution in [2.75, 3.05) is 10.6 Å². The smallest absolute Gasteiger partial charge is 0.359 e. The average Bonchev–Trinajstić information content (AvgIpc) is 3.15. The normalized spacial score (nSPS) is 11.5. The Morgan fingerprint density at radius 3 is 2.24 bits per heavy atom. The average molecular weight is 476 g/mol. The highest BCUT2D eigenvalue weighted by Gasteiger charge is 2.29. The Balaban J connectivity index is 1.37. The summed E-state index contributed by atoms with van der Waals surface area (Å²) in [6.45, 7) is 0. The molecule has 4 aromatic rings. The Bertz CT molecular complexity index is 1300. The molecule has 0 saturated heterocycles. The van der Waals surface area contributed by atoms with Gasteiger partial charge in [0.05, 0.1) is 16.9 Å². The molecule has 0 aliphatic heterocycles. The van der Waals surface area contributed by atoms with E-state index in [1.807, 2.05) is 0 Å². The number of rotatable bonds is 5. The molecule has 0 unspecified atom stereocenters. The highest BCUT2D eigenvalue weighted by Crippen LogP contribution is 2.29. The van der Waals surface area contributed by atoms with E-state index in [0.29, 0.717) is 34.7 Å². The van der Waals surface area contributed by atoms with Crippen LogP contribution in [0.15, 0.2) is 66.9 Å². The van der Waals surface area contributed by atoms with Gasteiger partial charge in [-0.25, -0.2) is 9.18 Å². The molecule has 0 fully saturated rings. The molecule has 33 heavy (non-hydrogen) atoms. The number of H-pyrrole nitrogens is 1. The molecule has 0 atom stereocenters. The van der Waals surface area contributed by atoms with E-state index >= 15 is 0 Å². The molecule has 2 amide bonds. The lowest BCUT2D eigenvalue weighted by Gasteiger charge is -2.10. The van der Waals surface area contributed by atoms with Crippen molar-refractivity contribution < 1.29 is 22.4 Å². The third kappa shape index (κ3) is 5.46. The van der Waals surface area contributed by atoms with Gasteiger partial charge in [0.2, 0.25) is 0 Å². The summed E-state index contributed by atoms with van der Waals surface area (Å²) in [4.78, 5) is 15.3. The van der Waals surface area contributed by atoms with Crippen molar-refractivity contribution in [3.8, 4) is 0 Å². The standard InChI is InChI=1S/C24H18ClF4N3O/c25-17-8-10-20-18(12-17)22(13-30-20)32-23(33)31-21-9-5-15(11-19(21)26)2-1-14-3-6-16(7-4-14)24(27,28)29/h3-13,30H,1-2H2,(H2,31,32,33). The topological polar surface area (TPSA) is 56.9 Å². The molecule has 0 radical (unpaired) electrons. The number of carbonyl (C=O) groups excluding carboxylic acids is 1.